The van der Waals surface area contributed by atoms with Crippen molar-refractivity contribution in [1.29, 1.82) is 5.26 Å². The molecule has 0 atom stereocenters. The van der Waals surface area contributed by atoms with E-state index >= 15 is 0 Å². The lowest BCUT2D eigenvalue weighted by molar-refractivity contribution is -0.167. The molecule has 2 aromatic carbocycles. The molecule has 0 saturated carbocycles. The van der Waals surface area contributed by atoms with Crippen LogP contribution in [0, 0.1) is 11.3 Å². The van der Waals surface area contributed by atoms with Gasteiger partial charge in [0.25, 0.3) is 9.05 Å². The highest BCUT2D eigenvalue weighted by molar-refractivity contribution is 9.11. The van der Waals surface area contributed by atoms with Crippen LogP contribution in [0.4, 0.5) is 37.7 Å². The lowest BCUT2D eigenvalue weighted by Gasteiger charge is -2.10. The second-order valence-corrected chi connectivity index (χ2v) is 12.2. The number of amides is 2. The minimum Gasteiger partial charge on any atom is -0.412 e. The molecule has 12 nitrogen and oxygen atoms in total. The van der Waals surface area contributed by atoms with Crippen LogP contribution < -0.4 is 21.9 Å². The van der Waals surface area contributed by atoms with Gasteiger partial charge in [-0.15, -0.1) is 0 Å². The molecular weight excluding hydrogens is 772 g/mol. The summed E-state index contributed by atoms with van der Waals surface area (Å²) in [6.45, 7) is 1.43. The number of primary sulfonamides is 1. The summed E-state index contributed by atoms with van der Waals surface area (Å²) in [6.07, 6.45) is -10.1. The number of nitrogens with two attached hydrogens (primary N) is 1. The van der Waals surface area contributed by atoms with E-state index in [0.717, 1.165) is 36.4 Å². The first-order chi connectivity index (χ1) is 17.4. The van der Waals surface area contributed by atoms with Crippen molar-refractivity contribution in [1.82, 2.24) is 6.15 Å². The Kier molecular flexibility index (Phi) is 17.6. The largest absolute Gasteiger partial charge is 0.471 e. The molecule has 0 aliphatic carbocycles. The summed E-state index contributed by atoms with van der Waals surface area (Å²) in [6, 6.07) is 7.65. The summed E-state index contributed by atoms with van der Waals surface area (Å²) in [4.78, 5) is 20.7. The summed E-state index contributed by atoms with van der Waals surface area (Å²) in [5.41, 5.74) is -0.439. The predicted octanol–water partition coefficient (Wildman–Crippen LogP) is 4.34. The minimum atomic E-state index is -5.03. The number of halogens is 9. The van der Waals surface area contributed by atoms with Crippen molar-refractivity contribution in [3.8, 4) is 6.07 Å². The summed E-state index contributed by atoms with van der Waals surface area (Å²) in [7, 11) is -2.91. The molecule has 41 heavy (non-hydrogen) atoms. The number of hydrogen-bond acceptors (Lipinski definition) is 8. The van der Waals surface area contributed by atoms with Crippen LogP contribution in [-0.2, 0) is 28.7 Å². The molecule has 2 aromatic rings. The molecule has 0 aromatic heterocycles. The number of benzene rings is 2. The van der Waals surface area contributed by atoms with E-state index in [4.69, 9.17) is 21.1 Å². The minimum absolute atomic E-state index is 0. The van der Waals surface area contributed by atoms with Gasteiger partial charge < -0.3 is 22.3 Å². The van der Waals surface area contributed by atoms with Crippen LogP contribution in [0.2, 0.25) is 0 Å². The zero-order chi connectivity index (χ0) is 31.0. The van der Waals surface area contributed by atoms with Crippen molar-refractivity contribution in [3.63, 3.8) is 0 Å². The van der Waals surface area contributed by atoms with Crippen molar-refractivity contribution in [2.75, 3.05) is 10.6 Å². The number of nitrogens with one attached hydrogen (secondary N) is 2. The van der Waals surface area contributed by atoms with E-state index in [0.29, 0.717) is 0 Å². The first-order valence-corrected chi connectivity index (χ1v) is 14.5. The van der Waals surface area contributed by atoms with Crippen molar-refractivity contribution in [2.24, 2.45) is 5.14 Å². The first-order valence-electron chi connectivity index (χ1n) is 9.08. The number of sulfonamides is 1. The normalized spacial score (nSPS) is 11.0. The Morgan fingerprint density at radius 3 is 1.39 bits per heavy atom. The number of nitriles is 1. The monoisotopic (exact) mass is 787 g/mol. The third-order valence-corrected chi connectivity index (χ3v) is 7.08. The maximum Gasteiger partial charge on any atom is 0.471 e. The number of nitrogens with zero attached hydrogens (tertiary/aromatic N) is 1. The van der Waals surface area contributed by atoms with Crippen LogP contribution >= 0.6 is 42.5 Å². The Balaban J connectivity index is -0.000000615. The number of alkyl halides is 6. The van der Waals surface area contributed by atoms with Gasteiger partial charge in [-0.25, -0.2) is 22.0 Å². The van der Waals surface area contributed by atoms with E-state index in [2.05, 4.69) is 31.9 Å². The Hall–Kier alpha value is -2.52. The van der Waals surface area contributed by atoms with Gasteiger partial charge in [0.1, 0.15) is 0 Å². The van der Waals surface area contributed by atoms with E-state index in [9.17, 15) is 52.8 Å². The molecule has 0 spiro atoms. The molecule has 9 N–H and O–H groups in total. The van der Waals surface area contributed by atoms with Crippen LogP contribution in [0.5, 0.6) is 0 Å². The highest BCUT2D eigenvalue weighted by Crippen LogP contribution is 2.29. The lowest BCUT2D eigenvalue weighted by Crippen LogP contribution is -2.30. The molecular formula is C18H18Br2ClF6N5O7S2. The molecule has 0 aliphatic rings. The third kappa shape index (κ3) is 15.3. The van der Waals surface area contributed by atoms with Crippen LogP contribution in [-0.4, -0.2) is 46.5 Å². The molecule has 0 radical (unpaired) electrons. The van der Waals surface area contributed by atoms with E-state index in [-0.39, 0.29) is 41.7 Å². The van der Waals surface area contributed by atoms with E-state index in [1.807, 2.05) is 0 Å². The van der Waals surface area contributed by atoms with E-state index < -0.39 is 43.2 Å². The number of carbonyl (C=O) groups excluding carboxylic acids is 2. The first kappa shape index (κ1) is 42.9. The number of carbonyl (C=O) groups is 2. The van der Waals surface area contributed by atoms with Gasteiger partial charge in [-0.1, -0.05) is 0 Å². The van der Waals surface area contributed by atoms with Gasteiger partial charge in [0.2, 0.25) is 10.0 Å². The van der Waals surface area contributed by atoms with Gasteiger partial charge in [0.05, 0.1) is 27.2 Å². The van der Waals surface area contributed by atoms with E-state index in [1.165, 1.54) is 6.92 Å². The molecule has 0 heterocycles. The third-order valence-electron chi connectivity index (χ3n) is 3.50. The fourth-order valence-electron chi connectivity index (χ4n) is 1.91. The standard InChI is InChI=1S/C8H4BrClF3NO3S.C8H6BrF3N2O3S.C2H3N.H3N.H2O/c9-5-3-4(18(10,16)17)1-2-6(5)14-7(15)8(11,12)13;9-5-3-4(18(13,16)17)1-2-6(5)14-7(15)8(10,11)12;1-2-3;;/h1-3H,(H,14,15);1-3H,(H,14,15)(H2,13,16,17);1H3;1H3;1H2. The van der Waals surface area contributed by atoms with E-state index in [1.54, 1.807) is 16.7 Å². The number of rotatable bonds is 4. The summed E-state index contributed by atoms with van der Waals surface area (Å²) in [5, 5.41) is 15.3. The summed E-state index contributed by atoms with van der Waals surface area (Å²) >= 11 is 5.66. The Morgan fingerprint density at radius 1 is 0.854 bits per heavy atom. The molecule has 0 bridgehead atoms. The molecule has 232 valence electrons. The van der Waals surface area contributed by atoms with Gasteiger partial charge in [0.15, 0.2) is 0 Å². The van der Waals surface area contributed by atoms with Crippen LogP contribution in [0.1, 0.15) is 6.92 Å². The quantitative estimate of drug-likeness (QED) is 0.256. The average Bonchev–Trinajstić information content (AvgIpc) is 2.74. The molecule has 0 unspecified atom stereocenters. The van der Waals surface area contributed by atoms with Gasteiger partial charge in [0, 0.05) is 26.6 Å². The lowest BCUT2D eigenvalue weighted by atomic mass is 10.3. The SMILES string of the molecule is CC#N.N.NS(=O)(=O)c1ccc(NC(=O)C(F)(F)F)c(Br)c1.O.O=C(Nc1ccc(S(=O)(=O)Cl)cc1Br)C(F)(F)F. The molecule has 0 fully saturated rings. The van der Waals surface area contributed by atoms with Gasteiger partial charge >= 0.3 is 24.2 Å². The Bertz CT molecular complexity index is 1380. The number of anilines is 2. The Labute approximate surface area is 249 Å². The average molecular weight is 790 g/mol. The van der Waals surface area contributed by atoms with Gasteiger partial charge in [-0.05, 0) is 68.3 Å². The molecule has 2 amide bonds. The summed E-state index contributed by atoms with van der Waals surface area (Å²) in [5.74, 6) is -4.32. The summed E-state index contributed by atoms with van der Waals surface area (Å²) < 4.78 is 116. The zero-order valence-corrected chi connectivity index (χ0v) is 25.4. The molecule has 23 heteroatoms. The van der Waals surface area contributed by atoms with Crippen molar-refractivity contribution >= 4 is 84.8 Å². The predicted molar refractivity (Wildman–Crippen MR) is 142 cm³/mol. The van der Waals surface area contributed by atoms with Crippen molar-refractivity contribution in [2.45, 2.75) is 29.1 Å². The fraction of sp³-hybridized carbons (Fsp3) is 0.167. The zero-order valence-electron chi connectivity index (χ0n) is 19.9. The van der Waals surface area contributed by atoms with Crippen LogP contribution in [0.15, 0.2) is 55.1 Å². The second-order valence-electron chi connectivity index (χ2n) is 6.39. The maximum atomic E-state index is 12.0. The van der Waals surface area contributed by atoms with Gasteiger partial charge in [-0.2, -0.15) is 31.6 Å². The van der Waals surface area contributed by atoms with Crippen LogP contribution in [0.25, 0.3) is 0 Å². The smallest absolute Gasteiger partial charge is 0.412 e. The topological polar surface area (TPSA) is 243 Å². The second kappa shape index (κ2) is 16.8. The van der Waals surface area contributed by atoms with Crippen molar-refractivity contribution in [3.05, 3.63) is 45.3 Å². The fourth-order valence-corrected chi connectivity index (χ4v) is 4.49. The maximum absolute atomic E-state index is 12.0. The van der Waals surface area contributed by atoms with Crippen molar-refractivity contribution < 1.29 is 58.2 Å². The van der Waals surface area contributed by atoms with Gasteiger partial charge in [-0.3, -0.25) is 9.59 Å². The highest BCUT2D eigenvalue weighted by atomic mass is 79.9. The highest BCUT2D eigenvalue weighted by Gasteiger charge is 2.39. The Morgan fingerprint density at radius 2 is 1.15 bits per heavy atom. The number of hydrogen-bond donors (Lipinski definition) is 4. The molecule has 2 rings (SSSR count). The molecule has 0 aliphatic heterocycles. The molecule has 0 saturated heterocycles. The van der Waals surface area contributed by atoms with Crippen LogP contribution in [0.3, 0.4) is 0 Å².